The van der Waals surface area contributed by atoms with E-state index < -0.39 is 0 Å². The van der Waals surface area contributed by atoms with E-state index in [2.05, 4.69) is 10.2 Å². The number of likely N-dealkylation sites (tertiary alicyclic amines) is 1. The van der Waals surface area contributed by atoms with Crippen molar-refractivity contribution in [1.29, 1.82) is 0 Å². The lowest BCUT2D eigenvalue weighted by Gasteiger charge is -2.44. The molecule has 1 N–H and O–H groups in total. The number of benzene rings is 2. The summed E-state index contributed by atoms with van der Waals surface area (Å²) in [6.45, 7) is 2.58. The predicted molar refractivity (Wildman–Crippen MR) is 119 cm³/mol. The lowest BCUT2D eigenvalue weighted by Crippen LogP contribution is -2.57. The van der Waals surface area contributed by atoms with Crippen molar-refractivity contribution in [2.75, 3.05) is 45.8 Å². The van der Waals surface area contributed by atoms with E-state index in [9.17, 15) is 4.79 Å². The molecule has 7 nitrogen and oxygen atoms in total. The van der Waals surface area contributed by atoms with Gasteiger partial charge in [0.05, 0.1) is 31.0 Å². The van der Waals surface area contributed by atoms with Crippen LogP contribution in [0.1, 0.15) is 19.3 Å². The standard InChI is InChI=1S/C24H28N2O5/c1-28-21-12-17-16-6-3-4-7-19(16)31-20(17)13-18(21)25-23(27)15-26-10-9-24(8-5-11-30-24)22(14-26)29-2/h3-4,6-7,12-13,22H,5,8-11,14-15H2,1-2H3,(H,25,27)/t22-,24-/m1/s1. The third-order valence-electron chi connectivity index (χ3n) is 6.62. The number of ether oxygens (including phenoxy) is 3. The summed E-state index contributed by atoms with van der Waals surface area (Å²) in [6.07, 6.45) is 2.97. The van der Waals surface area contributed by atoms with Crippen LogP contribution in [-0.4, -0.2) is 63.0 Å². The lowest BCUT2D eigenvalue weighted by molar-refractivity contribution is -0.145. The van der Waals surface area contributed by atoms with Crippen molar-refractivity contribution in [3.05, 3.63) is 36.4 Å². The van der Waals surface area contributed by atoms with Gasteiger partial charge >= 0.3 is 0 Å². The highest BCUT2D eigenvalue weighted by Crippen LogP contribution is 2.38. The molecule has 2 fully saturated rings. The minimum Gasteiger partial charge on any atom is -0.495 e. The van der Waals surface area contributed by atoms with Gasteiger partial charge < -0.3 is 23.9 Å². The van der Waals surface area contributed by atoms with Crippen LogP contribution >= 0.6 is 0 Å². The smallest absolute Gasteiger partial charge is 0.238 e. The Balaban J connectivity index is 1.31. The summed E-state index contributed by atoms with van der Waals surface area (Å²) >= 11 is 0. The Morgan fingerprint density at radius 2 is 2.06 bits per heavy atom. The summed E-state index contributed by atoms with van der Waals surface area (Å²) in [4.78, 5) is 15.0. The van der Waals surface area contributed by atoms with E-state index in [1.54, 1.807) is 14.2 Å². The van der Waals surface area contributed by atoms with Gasteiger partial charge in [0.15, 0.2) is 0 Å². The fourth-order valence-electron chi connectivity index (χ4n) is 5.01. The van der Waals surface area contributed by atoms with Gasteiger partial charge in [0.25, 0.3) is 0 Å². The van der Waals surface area contributed by atoms with Crippen molar-refractivity contribution < 1.29 is 23.4 Å². The van der Waals surface area contributed by atoms with Crippen LogP contribution in [0.3, 0.4) is 0 Å². The van der Waals surface area contributed by atoms with Crippen molar-refractivity contribution in [1.82, 2.24) is 4.90 Å². The average Bonchev–Trinajstić information content (AvgIpc) is 3.39. The average molecular weight is 424 g/mol. The topological polar surface area (TPSA) is 73.2 Å². The zero-order chi connectivity index (χ0) is 21.4. The molecule has 2 aliphatic heterocycles. The predicted octanol–water partition coefficient (Wildman–Crippen LogP) is 3.80. The van der Waals surface area contributed by atoms with Crippen molar-refractivity contribution in [3.8, 4) is 5.75 Å². The molecule has 2 aromatic carbocycles. The van der Waals surface area contributed by atoms with Crippen molar-refractivity contribution in [2.24, 2.45) is 0 Å². The number of methoxy groups -OCH3 is 2. The van der Waals surface area contributed by atoms with E-state index in [1.807, 2.05) is 36.4 Å². The minimum absolute atomic E-state index is 0.0158. The Hall–Kier alpha value is -2.61. The Morgan fingerprint density at radius 1 is 1.19 bits per heavy atom. The Morgan fingerprint density at radius 3 is 2.84 bits per heavy atom. The molecule has 3 heterocycles. The number of nitrogens with zero attached hydrogens (tertiary/aromatic N) is 1. The number of furan rings is 1. The normalized spacial score (nSPS) is 24.3. The van der Waals surface area contributed by atoms with E-state index in [4.69, 9.17) is 18.6 Å². The molecule has 0 saturated carbocycles. The van der Waals surface area contributed by atoms with Crippen LogP contribution in [0.5, 0.6) is 5.75 Å². The molecule has 2 aliphatic rings. The molecule has 2 atom stereocenters. The highest BCUT2D eigenvalue weighted by atomic mass is 16.5. The molecule has 164 valence electrons. The maximum atomic E-state index is 12.9. The molecule has 0 bridgehead atoms. The van der Waals surface area contributed by atoms with Crippen molar-refractivity contribution in [2.45, 2.75) is 31.0 Å². The van der Waals surface area contributed by atoms with Crippen LogP contribution in [0, 0.1) is 0 Å². The molecule has 7 heteroatoms. The van der Waals surface area contributed by atoms with Crippen LogP contribution in [0.4, 0.5) is 5.69 Å². The van der Waals surface area contributed by atoms with Gasteiger partial charge in [0.2, 0.25) is 5.91 Å². The highest BCUT2D eigenvalue weighted by Gasteiger charge is 2.46. The Labute approximate surface area is 181 Å². The second-order valence-corrected chi connectivity index (χ2v) is 8.42. The quantitative estimate of drug-likeness (QED) is 0.672. The van der Waals surface area contributed by atoms with Crippen molar-refractivity contribution in [3.63, 3.8) is 0 Å². The first kappa shape index (κ1) is 20.3. The molecule has 5 rings (SSSR count). The van der Waals surface area contributed by atoms with E-state index in [0.29, 0.717) is 18.0 Å². The summed E-state index contributed by atoms with van der Waals surface area (Å²) in [7, 11) is 3.33. The second-order valence-electron chi connectivity index (χ2n) is 8.42. The van der Waals surface area contributed by atoms with Gasteiger partial charge in [-0.1, -0.05) is 18.2 Å². The first-order chi connectivity index (χ1) is 15.1. The third-order valence-corrected chi connectivity index (χ3v) is 6.62. The van der Waals surface area contributed by atoms with Crippen LogP contribution in [-0.2, 0) is 14.3 Å². The number of carbonyl (C=O) groups is 1. The van der Waals surface area contributed by atoms with Gasteiger partial charge in [-0.05, 0) is 31.4 Å². The van der Waals surface area contributed by atoms with Gasteiger partial charge in [0, 0.05) is 43.6 Å². The number of hydrogen-bond donors (Lipinski definition) is 1. The van der Waals surface area contributed by atoms with Crippen LogP contribution in [0.15, 0.2) is 40.8 Å². The molecule has 2 saturated heterocycles. The summed E-state index contributed by atoms with van der Waals surface area (Å²) in [6, 6.07) is 11.6. The molecule has 1 amide bonds. The van der Waals surface area contributed by atoms with Crippen LogP contribution < -0.4 is 10.1 Å². The van der Waals surface area contributed by atoms with Gasteiger partial charge in [-0.3, -0.25) is 9.69 Å². The molecular formula is C24H28N2O5. The first-order valence-corrected chi connectivity index (χ1v) is 10.8. The molecular weight excluding hydrogens is 396 g/mol. The van der Waals surface area contributed by atoms with Crippen LogP contribution in [0.25, 0.3) is 21.9 Å². The minimum atomic E-state index is -0.183. The highest BCUT2D eigenvalue weighted by molar-refractivity contribution is 6.07. The molecule has 3 aromatic rings. The Kier molecular flexibility index (Phi) is 5.33. The fraction of sp³-hybridized carbons (Fsp3) is 0.458. The van der Waals surface area contributed by atoms with E-state index >= 15 is 0 Å². The molecule has 1 spiro atoms. The molecule has 0 aliphatic carbocycles. The van der Waals surface area contributed by atoms with Crippen LogP contribution in [0.2, 0.25) is 0 Å². The third kappa shape index (κ3) is 3.67. The van der Waals surface area contributed by atoms with Gasteiger partial charge in [-0.2, -0.15) is 0 Å². The maximum absolute atomic E-state index is 12.9. The SMILES string of the molecule is COc1cc2c(cc1NC(=O)CN1CC[C@]3(CCCO3)[C@H](OC)C1)oc1ccccc12. The zero-order valence-electron chi connectivity index (χ0n) is 18.0. The Bertz CT molecular complexity index is 1100. The van der Waals surface area contributed by atoms with Gasteiger partial charge in [-0.25, -0.2) is 0 Å². The monoisotopic (exact) mass is 424 g/mol. The number of anilines is 1. The summed E-state index contributed by atoms with van der Waals surface area (Å²) in [5, 5.41) is 4.99. The summed E-state index contributed by atoms with van der Waals surface area (Å²) in [5.74, 6) is 0.519. The van der Waals surface area contributed by atoms with Gasteiger partial charge in [0.1, 0.15) is 16.9 Å². The largest absolute Gasteiger partial charge is 0.495 e. The van der Waals surface area contributed by atoms with E-state index in [-0.39, 0.29) is 24.2 Å². The first-order valence-electron chi connectivity index (χ1n) is 10.8. The summed E-state index contributed by atoms with van der Waals surface area (Å²) in [5.41, 5.74) is 1.95. The maximum Gasteiger partial charge on any atom is 0.238 e. The number of piperidine rings is 1. The number of carbonyl (C=O) groups excluding carboxylic acids is 1. The number of amides is 1. The summed E-state index contributed by atoms with van der Waals surface area (Å²) < 4.78 is 23.3. The molecule has 0 radical (unpaired) electrons. The van der Waals surface area contributed by atoms with Gasteiger partial charge in [-0.15, -0.1) is 0 Å². The van der Waals surface area contributed by atoms with E-state index in [1.165, 1.54) is 0 Å². The number of rotatable bonds is 5. The van der Waals surface area contributed by atoms with Crippen molar-refractivity contribution >= 4 is 33.5 Å². The molecule has 31 heavy (non-hydrogen) atoms. The fourth-order valence-corrected chi connectivity index (χ4v) is 5.01. The number of nitrogens with one attached hydrogen (secondary N) is 1. The molecule has 1 aromatic heterocycles. The molecule has 0 unspecified atom stereocenters. The number of para-hydroxylation sites is 1. The zero-order valence-corrected chi connectivity index (χ0v) is 18.0. The van der Waals surface area contributed by atoms with E-state index in [0.717, 1.165) is 54.4 Å². The number of fused-ring (bicyclic) bond motifs is 3. The number of hydrogen-bond acceptors (Lipinski definition) is 6. The second kappa shape index (κ2) is 8.15. The lowest BCUT2D eigenvalue weighted by atomic mass is 9.86.